The number of nitrogens with zero attached hydrogens (tertiary/aromatic N) is 1. The monoisotopic (exact) mass is 279 g/mol. The fourth-order valence-electron chi connectivity index (χ4n) is 2.41. The summed E-state index contributed by atoms with van der Waals surface area (Å²) in [5.74, 6) is -1.64. The third-order valence-electron chi connectivity index (χ3n) is 3.59. The van der Waals surface area contributed by atoms with E-state index in [2.05, 4.69) is 4.74 Å². The van der Waals surface area contributed by atoms with Crippen molar-refractivity contribution in [3.63, 3.8) is 0 Å². The van der Waals surface area contributed by atoms with Crippen molar-refractivity contribution in [1.82, 2.24) is 0 Å². The molecule has 1 aliphatic rings. The predicted octanol–water partition coefficient (Wildman–Crippen LogP) is 1.20. The van der Waals surface area contributed by atoms with Crippen LogP contribution in [0, 0.1) is 16.0 Å². The molecule has 0 radical (unpaired) electrons. The first-order valence-electron chi connectivity index (χ1n) is 5.88. The highest BCUT2D eigenvalue weighted by Crippen LogP contribution is 2.55. The van der Waals surface area contributed by atoms with E-state index in [-0.39, 0.29) is 12.1 Å². The molecule has 7 heteroatoms. The van der Waals surface area contributed by atoms with Crippen molar-refractivity contribution in [1.29, 1.82) is 0 Å². The van der Waals surface area contributed by atoms with Gasteiger partial charge in [0.25, 0.3) is 5.69 Å². The number of carbonyl (C=O) groups excluding carboxylic acids is 2. The van der Waals surface area contributed by atoms with Crippen molar-refractivity contribution in [3.05, 3.63) is 39.9 Å². The number of nitro groups is 1. The van der Waals surface area contributed by atoms with Gasteiger partial charge in [0.15, 0.2) is 0 Å². The second-order valence-electron chi connectivity index (χ2n) is 4.55. The molecule has 0 N–H and O–H groups in total. The van der Waals surface area contributed by atoms with E-state index in [1.807, 2.05) is 0 Å². The van der Waals surface area contributed by atoms with E-state index in [1.165, 1.54) is 38.5 Å². The average molecular weight is 279 g/mol. The molecule has 2 atom stereocenters. The second-order valence-corrected chi connectivity index (χ2v) is 4.55. The van der Waals surface area contributed by atoms with Gasteiger partial charge in [0.05, 0.1) is 25.1 Å². The van der Waals surface area contributed by atoms with Gasteiger partial charge in [0, 0.05) is 12.1 Å². The Morgan fingerprint density at radius 1 is 1.25 bits per heavy atom. The summed E-state index contributed by atoms with van der Waals surface area (Å²) in [4.78, 5) is 33.7. The number of non-ortho nitro benzene ring substituents is 1. The summed E-state index contributed by atoms with van der Waals surface area (Å²) in [5, 5.41) is 10.6. The Kier molecular flexibility index (Phi) is 3.44. The normalized spacial score (nSPS) is 23.8. The number of nitro benzene ring substituents is 1. The van der Waals surface area contributed by atoms with Gasteiger partial charge in [-0.25, -0.2) is 0 Å². The van der Waals surface area contributed by atoms with Gasteiger partial charge in [-0.1, -0.05) is 12.1 Å². The van der Waals surface area contributed by atoms with Gasteiger partial charge in [-0.05, 0) is 12.0 Å². The zero-order valence-electron chi connectivity index (χ0n) is 11.0. The topological polar surface area (TPSA) is 95.7 Å². The van der Waals surface area contributed by atoms with Crippen LogP contribution in [0.3, 0.4) is 0 Å². The van der Waals surface area contributed by atoms with Gasteiger partial charge in [0.2, 0.25) is 0 Å². The molecule has 0 amide bonds. The van der Waals surface area contributed by atoms with Crippen LogP contribution in [0.25, 0.3) is 0 Å². The SMILES string of the molecule is COC(=O)[C@@H]1C[C@@]1(C(=O)OC)c1ccc([N+](=O)[O-])cc1. The molecule has 1 fully saturated rings. The van der Waals surface area contributed by atoms with Crippen molar-refractivity contribution in [2.75, 3.05) is 14.2 Å². The van der Waals surface area contributed by atoms with Crippen LogP contribution in [-0.2, 0) is 24.5 Å². The number of benzene rings is 1. The lowest BCUT2D eigenvalue weighted by molar-refractivity contribution is -0.384. The van der Waals surface area contributed by atoms with Gasteiger partial charge >= 0.3 is 11.9 Å². The van der Waals surface area contributed by atoms with Gasteiger partial charge < -0.3 is 9.47 Å². The minimum Gasteiger partial charge on any atom is -0.469 e. The van der Waals surface area contributed by atoms with E-state index in [4.69, 9.17) is 4.74 Å². The highest BCUT2D eigenvalue weighted by Gasteiger charge is 2.66. The number of esters is 2. The molecule has 1 saturated carbocycles. The third-order valence-corrected chi connectivity index (χ3v) is 3.59. The molecule has 0 aromatic heterocycles. The first-order chi connectivity index (χ1) is 9.47. The molecule has 106 valence electrons. The molecule has 1 aliphatic carbocycles. The van der Waals surface area contributed by atoms with Gasteiger partial charge in [0.1, 0.15) is 5.41 Å². The molecule has 0 unspecified atom stereocenters. The van der Waals surface area contributed by atoms with E-state index < -0.39 is 28.2 Å². The Morgan fingerprint density at radius 2 is 1.85 bits per heavy atom. The van der Waals surface area contributed by atoms with Crippen molar-refractivity contribution in [3.8, 4) is 0 Å². The average Bonchev–Trinajstić information content (AvgIpc) is 3.22. The molecule has 1 aromatic carbocycles. The van der Waals surface area contributed by atoms with Crippen molar-refractivity contribution in [2.24, 2.45) is 5.92 Å². The fraction of sp³-hybridized carbons (Fsp3) is 0.385. The fourth-order valence-corrected chi connectivity index (χ4v) is 2.41. The number of carbonyl (C=O) groups is 2. The van der Waals surface area contributed by atoms with Gasteiger partial charge in [-0.3, -0.25) is 19.7 Å². The minimum atomic E-state index is -1.09. The van der Waals surface area contributed by atoms with E-state index in [0.29, 0.717) is 5.56 Å². The van der Waals surface area contributed by atoms with Crippen LogP contribution in [0.15, 0.2) is 24.3 Å². The van der Waals surface area contributed by atoms with Gasteiger partial charge in [-0.2, -0.15) is 0 Å². The lowest BCUT2D eigenvalue weighted by Crippen LogP contribution is -2.27. The first kappa shape index (κ1) is 14.0. The zero-order chi connectivity index (χ0) is 14.9. The Labute approximate surface area is 114 Å². The van der Waals surface area contributed by atoms with E-state index in [9.17, 15) is 19.7 Å². The Hall–Kier alpha value is -2.44. The molecular weight excluding hydrogens is 266 g/mol. The zero-order valence-corrected chi connectivity index (χ0v) is 11.0. The molecular formula is C13H13NO6. The molecule has 0 aliphatic heterocycles. The molecule has 0 bridgehead atoms. The maximum atomic E-state index is 12.0. The van der Waals surface area contributed by atoms with Crippen LogP contribution < -0.4 is 0 Å². The summed E-state index contributed by atoms with van der Waals surface area (Å²) in [6.07, 6.45) is 0.282. The summed E-state index contributed by atoms with van der Waals surface area (Å²) in [6.45, 7) is 0. The van der Waals surface area contributed by atoms with Crippen LogP contribution >= 0.6 is 0 Å². The number of hydrogen-bond donors (Lipinski definition) is 0. The predicted molar refractivity (Wildman–Crippen MR) is 66.9 cm³/mol. The Morgan fingerprint density at radius 3 is 2.30 bits per heavy atom. The molecule has 2 rings (SSSR count). The van der Waals surface area contributed by atoms with Crippen molar-refractivity contribution in [2.45, 2.75) is 11.8 Å². The van der Waals surface area contributed by atoms with E-state index in [0.717, 1.165) is 0 Å². The maximum Gasteiger partial charge on any atom is 0.317 e. The third kappa shape index (κ3) is 2.01. The molecule has 7 nitrogen and oxygen atoms in total. The second kappa shape index (κ2) is 4.92. The standard InChI is InChI=1S/C13H13NO6/c1-19-11(15)10-7-13(10,12(16)20-2)8-3-5-9(6-4-8)14(17)18/h3-6,10H,7H2,1-2H3/t10-,13+/m0/s1. The molecule has 0 heterocycles. The Balaban J connectivity index is 2.37. The highest BCUT2D eigenvalue weighted by molar-refractivity contribution is 5.96. The number of methoxy groups -OCH3 is 2. The van der Waals surface area contributed by atoms with Crippen LogP contribution in [0.4, 0.5) is 5.69 Å². The molecule has 0 spiro atoms. The van der Waals surface area contributed by atoms with Crippen LogP contribution in [0.2, 0.25) is 0 Å². The lowest BCUT2D eigenvalue weighted by Gasteiger charge is -2.14. The van der Waals surface area contributed by atoms with Gasteiger partial charge in [-0.15, -0.1) is 0 Å². The number of rotatable bonds is 4. The largest absolute Gasteiger partial charge is 0.469 e. The summed E-state index contributed by atoms with van der Waals surface area (Å²) in [7, 11) is 2.49. The summed E-state index contributed by atoms with van der Waals surface area (Å²) in [6, 6.07) is 5.54. The van der Waals surface area contributed by atoms with Crippen LogP contribution in [0.1, 0.15) is 12.0 Å². The van der Waals surface area contributed by atoms with Crippen molar-refractivity contribution < 1.29 is 24.0 Å². The first-order valence-corrected chi connectivity index (χ1v) is 5.88. The quantitative estimate of drug-likeness (QED) is 0.467. The van der Waals surface area contributed by atoms with E-state index in [1.54, 1.807) is 0 Å². The van der Waals surface area contributed by atoms with Crippen LogP contribution in [-0.4, -0.2) is 31.1 Å². The van der Waals surface area contributed by atoms with Crippen LogP contribution in [0.5, 0.6) is 0 Å². The lowest BCUT2D eigenvalue weighted by atomic mass is 9.93. The molecule has 1 aromatic rings. The summed E-state index contributed by atoms with van der Waals surface area (Å²) >= 11 is 0. The molecule has 0 saturated heterocycles. The Bertz CT molecular complexity index is 567. The number of hydrogen-bond acceptors (Lipinski definition) is 6. The highest BCUT2D eigenvalue weighted by atomic mass is 16.6. The smallest absolute Gasteiger partial charge is 0.317 e. The summed E-state index contributed by atoms with van der Waals surface area (Å²) in [5.41, 5.74) is -0.647. The minimum absolute atomic E-state index is 0.0796. The maximum absolute atomic E-state index is 12.0. The van der Waals surface area contributed by atoms with E-state index >= 15 is 0 Å². The summed E-state index contributed by atoms with van der Waals surface area (Å²) < 4.78 is 9.41. The molecule has 20 heavy (non-hydrogen) atoms. The number of ether oxygens (including phenoxy) is 2. The van der Waals surface area contributed by atoms with Crippen molar-refractivity contribution >= 4 is 17.6 Å².